The summed E-state index contributed by atoms with van der Waals surface area (Å²) in [6.45, 7) is 1.85. The molecular formula is C17H16ClN5O2. The number of amides is 1. The molecule has 1 unspecified atom stereocenters. The number of hydrogen-bond acceptors (Lipinski definition) is 4. The van der Waals surface area contributed by atoms with Crippen LogP contribution in [0.5, 0.6) is 5.75 Å². The van der Waals surface area contributed by atoms with Crippen LogP contribution in [0.4, 0.5) is 5.82 Å². The molecule has 1 amide bonds. The molecule has 4 rings (SSSR count). The third-order valence-electron chi connectivity index (χ3n) is 4.41. The second-order valence-electron chi connectivity index (χ2n) is 5.94. The molecule has 3 heterocycles. The Morgan fingerprint density at radius 2 is 1.96 bits per heavy atom. The van der Waals surface area contributed by atoms with Gasteiger partial charge in [-0.05, 0) is 31.2 Å². The molecule has 1 aromatic carbocycles. The van der Waals surface area contributed by atoms with Crippen molar-refractivity contribution in [3.8, 4) is 17.0 Å². The van der Waals surface area contributed by atoms with E-state index in [0.717, 1.165) is 28.3 Å². The van der Waals surface area contributed by atoms with Gasteiger partial charge in [0, 0.05) is 23.5 Å². The normalized spacial score (nSPS) is 16.4. The number of carbonyl (C=O) groups is 1. The van der Waals surface area contributed by atoms with Gasteiger partial charge in [-0.3, -0.25) is 15.0 Å². The van der Waals surface area contributed by atoms with Crippen LogP contribution in [0, 0.1) is 6.92 Å². The van der Waals surface area contributed by atoms with Gasteiger partial charge in [-0.2, -0.15) is 10.2 Å². The van der Waals surface area contributed by atoms with E-state index in [1.807, 2.05) is 31.2 Å². The average Bonchev–Trinajstić information content (AvgIpc) is 3.18. The van der Waals surface area contributed by atoms with Gasteiger partial charge in [0.15, 0.2) is 5.82 Å². The summed E-state index contributed by atoms with van der Waals surface area (Å²) in [7, 11) is 1.63. The van der Waals surface area contributed by atoms with E-state index in [-0.39, 0.29) is 18.2 Å². The summed E-state index contributed by atoms with van der Waals surface area (Å²) in [6.07, 6.45) is 0.264. The van der Waals surface area contributed by atoms with Crippen LogP contribution < -0.4 is 10.1 Å². The van der Waals surface area contributed by atoms with Crippen LogP contribution in [0.3, 0.4) is 0 Å². The van der Waals surface area contributed by atoms with Crippen molar-refractivity contribution in [2.45, 2.75) is 19.3 Å². The Bertz CT molecular complexity index is 945. The standard InChI is InChI=1S/C17H16ClN5O2/c1-8-14(18)16(22-20-8)11-7-12(24)19-17-13(11)15(21-23-17)9-3-5-10(25-2)6-4-9/h3-6,11H,7H2,1-2H3,(H,20,22)(H2,19,21,23,24). The number of carbonyl (C=O) groups excluding carboxylic acids is 1. The van der Waals surface area contributed by atoms with Crippen molar-refractivity contribution in [3.63, 3.8) is 0 Å². The Hall–Kier alpha value is -2.80. The molecule has 1 aliphatic rings. The SMILES string of the molecule is COc1ccc(-c2[nH]nc3c2C(c2n[nH]c(C)c2Cl)CC(=O)N3)cc1. The fourth-order valence-electron chi connectivity index (χ4n) is 3.13. The summed E-state index contributed by atoms with van der Waals surface area (Å²) in [5, 5.41) is 17.9. The molecule has 0 saturated heterocycles. The number of nitrogens with zero attached hydrogens (tertiary/aromatic N) is 2. The maximum atomic E-state index is 12.1. The van der Waals surface area contributed by atoms with E-state index in [1.54, 1.807) is 7.11 Å². The van der Waals surface area contributed by atoms with Crippen molar-refractivity contribution >= 4 is 23.3 Å². The highest BCUT2D eigenvalue weighted by Gasteiger charge is 2.35. The van der Waals surface area contributed by atoms with Crippen molar-refractivity contribution < 1.29 is 9.53 Å². The summed E-state index contributed by atoms with van der Waals surface area (Å²) in [5.74, 6) is 0.913. The first kappa shape index (κ1) is 15.7. The van der Waals surface area contributed by atoms with Crippen LogP contribution in [-0.4, -0.2) is 33.4 Å². The molecule has 128 valence electrons. The highest BCUT2D eigenvalue weighted by Crippen LogP contribution is 2.43. The number of fused-ring (bicyclic) bond motifs is 1. The van der Waals surface area contributed by atoms with Gasteiger partial charge in [-0.1, -0.05) is 11.6 Å². The molecule has 0 bridgehead atoms. The van der Waals surface area contributed by atoms with Gasteiger partial charge in [-0.25, -0.2) is 0 Å². The maximum absolute atomic E-state index is 12.1. The first-order valence-corrected chi connectivity index (χ1v) is 8.19. The van der Waals surface area contributed by atoms with E-state index in [0.29, 0.717) is 16.5 Å². The molecule has 1 aliphatic heterocycles. The highest BCUT2D eigenvalue weighted by molar-refractivity contribution is 6.32. The Balaban J connectivity index is 1.85. The summed E-state index contributed by atoms with van der Waals surface area (Å²) in [5.41, 5.74) is 4.10. The minimum Gasteiger partial charge on any atom is -0.497 e. The van der Waals surface area contributed by atoms with E-state index < -0.39 is 0 Å². The van der Waals surface area contributed by atoms with Gasteiger partial charge in [0.05, 0.1) is 29.2 Å². The number of aromatic nitrogens is 4. The van der Waals surface area contributed by atoms with Crippen LogP contribution in [0.1, 0.15) is 29.3 Å². The van der Waals surface area contributed by atoms with Crippen LogP contribution in [0.25, 0.3) is 11.3 Å². The zero-order valence-corrected chi connectivity index (χ0v) is 14.4. The molecule has 1 atom stereocenters. The van der Waals surface area contributed by atoms with Gasteiger partial charge < -0.3 is 10.1 Å². The predicted molar refractivity (Wildman–Crippen MR) is 94.0 cm³/mol. The molecule has 0 radical (unpaired) electrons. The lowest BCUT2D eigenvalue weighted by atomic mass is 9.87. The lowest BCUT2D eigenvalue weighted by molar-refractivity contribution is -0.116. The predicted octanol–water partition coefficient (Wildman–Crippen LogP) is 3.24. The molecule has 0 fully saturated rings. The fraction of sp³-hybridized carbons (Fsp3) is 0.235. The van der Waals surface area contributed by atoms with E-state index in [4.69, 9.17) is 16.3 Å². The fourth-order valence-corrected chi connectivity index (χ4v) is 3.35. The number of halogens is 1. The minimum atomic E-state index is -0.267. The molecule has 3 N–H and O–H groups in total. The van der Waals surface area contributed by atoms with Crippen molar-refractivity contribution in [3.05, 3.63) is 46.2 Å². The first-order valence-electron chi connectivity index (χ1n) is 7.81. The third-order valence-corrected chi connectivity index (χ3v) is 4.88. The summed E-state index contributed by atoms with van der Waals surface area (Å²) < 4.78 is 5.21. The number of aryl methyl sites for hydroxylation is 1. The summed E-state index contributed by atoms with van der Waals surface area (Å²) >= 11 is 6.39. The van der Waals surface area contributed by atoms with Crippen molar-refractivity contribution in [1.29, 1.82) is 0 Å². The van der Waals surface area contributed by atoms with E-state index in [9.17, 15) is 4.79 Å². The largest absolute Gasteiger partial charge is 0.497 e. The molecule has 0 spiro atoms. The number of anilines is 1. The molecule has 25 heavy (non-hydrogen) atoms. The summed E-state index contributed by atoms with van der Waals surface area (Å²) in [6, 6.07) is 7.64. The highest BCUT2D eigenvalue weighted by atomic mass is 35.5. The Morgan fingerprint density at radius 1 is 1.20 bits per heavy atom. The topological polar surface area (TPSA) is 95.7 Å². The van der Waals surface area contributed by atoms with Gasteiger partial charge in [-0.15, -0.1) is 0 Å². The molecule has 7 nitrogen and oxygen atoms in total. The zero-order chi connectivity index (χ0) is 17.6. The van der Waals surface area contributed by atoms with Gasteiger partial charge in [0.25, 0.3) is 0 Å². The molecular weight excluding hydrogens is 342 g/mol. The first-order chi connectivity index (χ1) is 12.1. The van der Waals surface area contributed by atoms with E-state index in [1.165, 1.54) is 0 Å². The molecule has 2 aromatic heterocycles. The summed E-state index contributed by atoms with van der Waals surface area (Å²) in [4.78, 5) is 12.1. The molecule has 8 heteroatoms. The Morgan fingerprint density at radius 3 is 2.60 bits per heavy atom. The second kappa shape index (κ2) is 5.93. The van der Waals surface area contributed by atoms with Crippen molar-refractivity contribution in [2.75, 3.05) is 12.4 Å². The van der Waals surface area contributed by atoms with E-state index in [2.05, 4.69) is 25.7 Å². The Kier molecular flexibility index (Phi) is 3.73. The van der Waals surface area contributed by atoms with Crippen LogP contribution in [0.2, 0.25) is 5.02 Å². The van der Waals surface area contributed by atoms with Gasteiger partial charge >= 0.3 is 0 Å². The molecule has 3 aromatic rings. The minimum absolute atomic E-state index is 0.109. The monoisotopic (exact) mass is 357 g/mol. The number of rotatable bonds is 3. The number of methoxy groups -OCH3 is 1. The molecule has 0 saturated carbocycles. The van der Waals surface area contributed by atoms with Crippen LogP contribution in [0.15, 0.2) is 24.3 Å². The number of aromatic amines is 2. The van der Waals surface area contributed by atoms with E-state index >= 15 is 0 Å². The zero-order valence-electron chi connectivity index (χ0n) is 13.7. The smallest absolute Gasteiger partial charge is 0.226 e. The number of ether oxygens (including phenoxy) is 1. The molecule has 0 aliphatic carbocycles. The Labute approximate surface area is 148 Å². The van der Waals surface area contributed by atoms with Gasteiger partial charge in [0.1, 0.15) is 5.75 Å². The lowest BCUT2D eigenvalue weighted by Gasteiger charge is -2.22. The van der Waals surface area contributed by atoms with Crippen molar-refractivity contribution in [1.82, 2.24) is 20.4 Å². The number of benzene rings is 1. The number of nitrogens with one attached hydrogen (secondary N) is 3. The number of hydrogen-bond donors (Lipinski definition) is 3. The number of H-pyrrole nitrogens is 2. The van der Waals surface area contributed by atoms with Gasteiger partial charge in [0.2, 0.25) is 5.91 Å². The second-order valence-corrected chi connectivity index (χ2v) is 6.32. The lowest BCUT2D eigenvalue weighted by Crippen LogP contribution is -2.23. The maximum Gasteiger partial charge on any atom is 0.226 e. The average molecular weight is 358 g/mol. The van der Waals surface area contributed by atoms with Crippen LogP contribution in [-0.2, 0) is 4.79 Å². The van der Waals surface area contributed by atoms with Crippen molar-refractivity contribution in [2.24, 2.45) is 0 Å². The third kappa shape index (κ3) is 2.56. The quantitative estimate of drug-likeness (QED) is 0.670. The van der Waals surface area contributed by atoms with Crippen LogP contribution >= 0.6 is 11.6 Å².